The Hall–Kier alpha value is -2.70. The number of aromatic amines is 1. The molecule has 1 amide bonds. The number of aryl methyl sites for hydroxylation is 2. The van der Waals surface area contributed by atoms with Crippen LogP contribution in [0.4, 0.5) is 0 Å². The van der Waals surface area contributed by atoms with Crippen molar-refractivity contribution < 1.29 is 9.53 Å². The zero-order chi connectivity index (χ0) is 24.5. The van der Waals surface area contributed by atoms with Crippen molar-refractivity contribution >= 4 is 16.8 Å². The first-order valence-corrected chi connectivity index (χ1v) is 13.1. The number of fused-ring (bicyclic) bond motifs is 1. The molecule has 6 heteroatoms. The van der Waals surface area contributed by atoms with E-state index in [1.54, 1.807) is 0 Å². The van der Waals surface area contributed by atoms with Crippen molar-refractivity contribution in [2.45, 2.75) is 64.8 Å². The number of carbonyl (C=O) groups excluding carboxylic acids is 1. The molecule has 2 saturated heterocycles. The highest BCUT2D eigenvalue weighted by Gasteiger charge is 2.25. The summed E-state index contributed by atoms with van der Waals surface area (Å²) in [6.45, 7) is 12.5. The Morgan fingerprint density at radius 2 is 1.89 bits per heavy atom. The number of rotatable bonds is 6. The number of nitrogens with one attached hydrogen (secondary N) is 2. The average molecular weight is 475 g/mol. The standard InChI is InChI=1S/C29H38N4O2/c1-18(2)28-25-15-22(5-6-26(25)32-29(28)23-13-19(3)30-20(4)14-23)21-7-10-33(11-8-21)16-27(34)31-24-9-12-35-17-24/h5-6,13-15,18,21,24,32H,7-12,16-17H2,1-4H3,(H,31,34). The smallest absolute Gasteiger partial charge is 0.234 e. The van der Waals surface area contributed by atoms with E-state index in [4.69, 9.17) is 4.74 Å². The van der Waals surface area contributed by atoms with E-state index in [9.17, 15) is 4.79 Å². The zero-order valence-corrected chi connectivity index (χ0v) is 21.5. The maximum absolute atomic E-state index is 12.4. The quantitative estimate of drug-likeness (QED) is 0.524. The minimum atomic E-state index is 0.128. The van der Waals surface area contributed by atoms with Gasteiger partial charge in [-0.15, -0.1) is 0 Å². The van der Waals surface area contributed by atoms with Gasteiger partial charge in [0, 0.05) is 34.5 Å². The van der Waals surface area contributed by atoms with Crippen molar-refractivity contribution in [3.05, 3.63) is 52.8 Å². The van der Waals surface area contributed by atoms with Crippen molar-refractivity contribution in [3.63, 3.8) is 0 Å². The Bertz CT molecular complexity index is 1180. The van der Waals surface area contributed by atoms with Gasteiger partial charge in [-0.3, -0.25) is 14.7 Å². The van der Waals surface area contributed by atoms with Gasteiger partial charge in [-0.25, -0.2) is 0 Å². The van der Waals surface area contributed by atoms with Crippen LogP contribution in [0.15, 0.2) is 30.3 Å². The summed E-state index contributed by atoms with van der Waals surface area (Å²) in [6.07, 6.45) is 3.10. The van der Waals surface area contributed by atoms with Gasteiger partial charge in [-0.05, 0) is 93.4 Å². The van der Waals surface area contributed by atoms with Crippen LogP contribution in [0.25, 0.3) is 22.2 Å². The number of nitrogens with zero attached hydrogens (tertiary/aromatic N) is 2. The minimum Gasteiger partial charge on any atom is -0.379 e. The van der Waals surface area contributed by atoms with Crippen molar-refractivity contribution in [1.29, 1.82) is 0 Å². The monoisotopic (exact) mass is 474 g/mol. The molecule has 1 unspecified atom stereocenters. The lowest BCUT2D eigenvalue weighted by Crippen LogP contribution is -2.44. The maximum atomic E-state index is 12.4. The number of benzene rings is 1. The number of H-pyrrole nitrogens is 1. The first-order chi connectivity index (χ1) is 16.9. The molecule has 0 spiro atoms. The van der Waals surface area contributed by atoms with Crippen LogP contribution in [0.5, 0.6) is 0 Å². The number of likely N-dealkylation sites (tertiary alicyclic amines) is 1. The molecular weight excluding hydrogens is 436 g/mol. The van der Waals surface area contributed by atoms with Gasteiger partial charge in [0.2, 0.25) is 5.91 Å². The molecule has 2 aliphatic heterocycles. The molecule has 6 nitrogen and oxygen atoms in total. The second-order valence-corrected chi connectivity index (χ2v) is 10.7. The fourth-order valence-electron chi connectivity index (χ4n) is 5.84. The summed E-state index contributed by atoms with van der Waals surface area (Å²) in [6, 6.07) is 11.5. The van der Waals surface area contributed by atoms with Crippen LogP contribution in [-0.4, -0.2) is 59.7 Å². The SMILES string of the molecule is Cc1cc(-c2[nH]c3ccc(C4CCN(CC(=O)NC5CCOC5)CC4)cc3c2C(C)C)cc(C)n1. The minimum absolute atomic E-state index is 0.128. The van der Waals surface area contributed by atoms with E-state index in [0.29, 0.717) is 25.0 Å². The normalized spacial score (nSPS) is 19.6. The molecule has 186 valence electrons. The summed E-state index contributed by atoms with van der Waals surface area (Å²) in [5.74, 6) is 1.07. The molecule has 2 aliphatic rings. The summed E-state index contributed by atoms with van der Waals surface area (Å²) >= 11 is 0. The summed E-state index contributed by atoms with van der Waals surface area (Å²) in [7, 11) is 0. The third-order valence-electron chi connectivity index (χ3n) is 7.53. The third-order valence-corrected chi connectivity index (χ3v) is 7.53. The molecule has 2 aromatic heterocycles. The van der Waals surface area contributed by atoms with Gasteiger partial charge in [0.1, 0.15) is 0 Å². The Kier molecular flexibility index (Phi) is 6.94. The lowest BCUT2D eigenvalue weighted by atomic mass is 9.87. The average Bonchev–Trinajstić information content (AvgIpc) is 3.46. The predicted molar refractivity (Wildman–Crippen MR) is 141 cm³/mol. The second kappa shape index (κ2) is 10.1. The summed E-state index contributed by atoms with van der Waals surface area (Å²) in [5.41, 5.74) is 8.53. The van der Waals surface area contributed by atoms with Gasteiger partial charge < -0.3 is 15.0 Å². The van der Waals surface area contributed by atoms with Crippen LogP contribution < -0.4 is 5.32 Å². The number of pyridine rings is 1. The molecule has 3 aromatic rings. The predicted octanol–water partition coefficient (Wildman–Crippen LogP) is 5.05. The van der Waals surface area contributed by atoms with Crippen LogP contribution in [0.3, 0.4) is 0 Å². The second-order valence-electron chi connectivity index (χ2n) is 10.7. The third kappa shape index (κ3) is 5.29. The van der Waals surface area contributed by atoms with E-state index >= 15 is 0 Å². The highest BCUT2D eigenvalue weighted by atomic mass is 16.5. The van der Waals surface area contributed by atoms with Crippen LogP contribution in [-0.2, 0) is 9.53 Å². The Morgan fingerprint density at radius 1 is 1.14 bits per heavy atom. The number of ether oxygens (including phenoxy) is 1. The molecule has 1 atom stereocenters. The van der Waals surface area contributed by atoms with E-state index in [1.807, 2.05) is 0 Å². The topological polar surface area (TPSA) is 70.2 Å². The number of amides is 1. The Balaban J connectivity index is 1.31. The molecule has 5 rings (SSSR count). The molecule has 2 N–H and O–H groups in total. The van der Waals surface area contributed by atoms with Crippen molar-refractivity contribution in [3.8, 4) is 11.3 Å². The fraction of sp³-hybridized carbons (Fsp3) is 0.517. The summed E-state index contributed by atoms with van der Waals surface area (Å²) in [4.78, 5) is 23.0. The molecule has 2 fully saturated rings. The Morgan fingerprint density at radius 3 is 2.54 bits per heavy atom. The van der Waals surface area contributed by atoms with E-state index in [2.05, 4.69) is 78.2 Å². The number of hydrogen-bond acceptors (Lipinski definition) is 4. The molecule has 0 saturated carbocycles. The molecule has 1 aromatic carbocycles. The molecule has 0 aliphatic carbocycles. The van der Waals surface area contributed by atoms with E-state index < -0.39 is 0 Å². The van der Waals surface area contributed by atoms with Crippen molar-refractivity contribution in [2.75, 3.05) is 32.8 Å². The van der Waals surface area contributed by atoms with Gasteiger partial charge in [0.05, 0.1) is 24.9 Å². The van der Waals surface area contributed by atoms with Crippen LogP contribution in [0.1, 0.15) is 67.5 Å². The lowest BCUT2D eigenvalue weighted by Gasteiger charge is -2.32. The van der Waals surface area contributed by atoms with Gasteiger partial charge >= 0.3 is 0 Å². The number of piperidine rings is 1. The summed E-state index contributed by atoms with van der Waals surface area (Å²) < 4.78 is 5.37. The highest BCUT2D eigenvalue weighted by molar-refractivity contribution is 5.92. The van der Waals surface area contributed by atoms with Gasteiger partial charge in [-0.2, -0.15) is 0 Å². The Labute approximate surface area is 208 Å². The molecule has 0 bridgehead atoms. The van der Waals surface area contributed by atoms with Gasteiger partial charge in [0.15, 0.2) is 0 Å². The van der Waals surface area contributed by atoms with Gasteiger partial charge in [0.25, 0.3) is 0 Å². The van der Waals surface area contributed by atoms with E-state index in [1.165, 1.54) is 33.3 Å². The van der Waals surface area contributed by atoms with Gasteiger partial charge in [-0.1, -0.05) is 19.9 Å². The molecule has 0 radical (unpaired) electrons. The van der Waals surface area contributed by atoms with Crippen molar-refractivity contribution in [2.24, 2.45) is 0 Å². The molecule has 4 heterocycles. The van der Waals surface area contributed by atoms with Crippen molar-refractivity contribution in [1.82, 2.24) is 20.2 Å². The van der Waals surface area contributed by atoms with E-state index in [0.717, 1.165) is 50.3 Å². The number of carbonyl (C=O) groups is 1. The van der Waals surface area contributed by atoms with Crippen LogP contribution in [0, 0.1) is 13.8 Å². The molecule has 35 heavy (non-hydrogen) atoms. The number of aromatic nitrogens is 2. The van der Waals surface area contributed by atoms with E-state index in [-0.39, 0.29) is 11.9 Å². The largest absolute Gasteiger partial charge is 0.379 e. The fourth-order valence-corrected chi connectivity index (χ4v) is 5.84. The lowest BCUT2D eigenvalue weighted by molar-refractivity contribution is -0.123. The zero-order valence-electron chi connectivity index (χ0n) is 21.5. The first-order valence-electron chi connectivity index (χ1n) is 13.1. The molecular formula is C29H38N4O2. The number of hydrogen-bond donors (Lipinski definition) is 2. The highest BCUT2D eigenvalue weighted by Crippen LogP contribution is 2.38. The maximum Gasteiger partial charge on any atom is 0.234 e. The first kappa shape index (κ1) is 24.0. The van der Waals surface area contributed by atoms with Crippen LogP contribution >= 0.6 is 0 Å². The van der Waals surface area contributed by atoms with Crippen LogP contribution in [0.2, 0.25) is 0 Å². The summed E-state index contributed by atoms with van der Waals surface area (Å²) in [5, 5.41) is 4.45.